The highest BCUT2D eigenvalue weighted by molar-refractivity contribution is 6.02. The number of esters is 1. The summed E-state index contributed by atoms with van der Waals surface area (Å²) >= 11 is 0. The van der Waals surface area contributed by atoms with Gasteiger partial charge in [-0.3, -0.25) is 9.59 Å². The van der Waals surface area contributed by atoms with E-state index >= 15 is 0 Å². The first-order chi connectivity index (χ1) is 16.9. The Kier molecular flexibility index (Phi) is 7.07. The minimum atomic E-state index is -1.15. The zero-order chi connectivity index (χ0) is 24.8. The van der Waals surface area contributed by atoms with Crippen LogP contribution in [0.1, 0.15) is 43.7 Å². The van der Waals surface area contributed by atoms with Gasteiger partial charge in [0.05, 0.1) is 11.8 Å². The summed E-state index contributed by atoms with van der Waals surface area (Å²) in [6.45, 7) is 3.83. The molecule has 0 spiro atoms. The van der Waals surface area contributed by atoms with E-state index in [1.165, 1.54) is 18.4 Å². The fraction of sp³-hybridized carbons (Fsp3) is 0.107. The molecule has 2 amide bonds. The molecule has 4 aromatic rings. The van der Waals surface area contributed by atoms with Crippen molar-refractivity contribution in [3.05, 3.63) is 119 Å². The number of furan rings is 1. The van der Waals surface area contributed by atoms with Crippen LogP contribution in [0.2, 0.25) is 0 Å². The van der Waals surface area contributed by atoms with Crippen LogP contribution in [0.4, 0.5) is 11.4 Å². The van der Waals surface area contributed by atoms with E-state index in [4.69, 9.17) is 9.15 Å². The Morgan fingerprint density at radius 1 is 0.829 bits per heavy atom. The van der Waals surface area contributed by atoms with Gasteiger partial charge in [-0.25, -0.2) is 4.79 Å². The fourth-order valence-corrected chi connectivity index (χ4v) is 3.43. The topological polar surface area (TPSA) is 97.6 Å². The maximum atomic E-state index is 13.2. The Hall–Kier alpha value is -4.65. The van der Waals surface area contributed by atoms with Crippen LogP contribution in [-0.4, -0.2) is 17.8 Å². The first-order valence-electron chi connectivity index (χ1n) is 11.0. The first kappa shape index (κ1) is 23.5. The Morgan fingerprint density at radius 2 is 1.57 bits per heavy atom. The van der Waals surface area contributed by atoms with Gasteiger partial charge < -0.3 is 19.8 Å². The molecular weight excluding hydrogens is 444 g/mol. The van der Waals surface area contributed by atoms with E-state index in [0.29, 0.717) is 16.9 Å². The Balaban J connectivity index is 1.49. The molecule has 1 atom stereocenters. The molecule has 4 rings (SSSR count). The molecule has 0 saturated carbocycles. The first-order valence-corrected chi connectivity index (χ1v) is 11.0. The number of ether oxygens (including phenoxy) is 1. The minimum Gasteiger partial charge on any atom is -0.459 e. The summed E-state index contributed by atoms with van der Waals surface area (Å²) in [5.74, 6) is -1.36. The van der Waals surface area contributed by atoms with E-state index in [-0.39, 0.29) is 11.3 Å². The van der Waals surface area contributed by atoms with Crippen LogP contribution in [0.15, 0.2) is 95.6 Å². The smallest absolute Gasteiger partial charge is 0.339 e. The molecule has 2 N–H and O–H groups in total. The van der Waals surface area contributed by atoms with E-state index in [0.717, 1.165) is 11.1 Å². The van der Waals surface area contributed by atoms with Crippen LogP contribution in [0.25, 0.3) is 0 Å². The second-order valence-corrected chi connectivity index (χ2v) is 8.01. The average molecular weight is 469 g/mol. The molecular formula is C28H24N2O5. The van der Waals surface area contributed by atoms with Gasteiger partial charge in [0.15, 0.2) is 5.76 Å². The summed E-state index contributed by atoms with van der Waals surface area (Å²) in [7, 11) is 0. The van der Waals surface area contributed by atoms with E-state index in [9.17, 15) is 14.4 Å². The normalized spacial score (nSPS) is 11.4. The van der Waals surface area contributed by atoms with Crippen LogP contribution in [0, 0.1) is 13.8 Å². The fourth-order valence-electron chi connectivity index (χ4n) is 3.43. The number of hydrogen-bond donors (Lipinski definition) is 2. The van der Waals surface area contributed by atoms with E-state index in [1.54, 1.807) is 48.5 Å². The molecule has 1 aromatic heterocycles. The lowest BCUT2D eigenvalue weighted by molar-refractivity contribution is -0.125. The lowest BCUT2D eigenvalue weighted by atomic mass is 10.1. The highest BCUT2D eigenvalue weighted by atomic mass is 16.5. The SMILES string of the molecule is Cc1ccc(C)c(NC(=O)C(OC(=O)c2ccc(NC(=O)c3ccco3)cc2)c2ccccc2)c1. The molecule has 0 fully saturated rings. The largest absolute Gasteiger partial charge is 0.459 e. The molecule has 1 heterocycles. The number of carbonyl (C=O) groups excluding carboxylic acids is 3. The van der Waals surface area contributed by atoms with Crippen molar-refractivity contribution in [1.82, 2.24) is 0 Å². The summed E-state index contributed by atoms with van der Waals surface area (Å²) in [6.07, 6.45) is 0.259. The van der Waals surface area contributed by atoms with Crippen molar-refractivity contribution in [1.29, 1.82) is 0 Å². The second-order valence-electron chi connectivity index (χ2n) is 8.01. The third-order valence-corrected chi connectivity index (χ3v) is 5.34. The van der Waals surface area contributed by atoms with E-state index < -0.39 is 23.9 Å². The van der Waals surface area contributed by atoms with E-state index in [1.807, 2.05) is 38.1 Å². The lowest BCUT2D eigenvalue weighted by Gasteiger charge is -2.19. The van der Waals surface area contributed by atoms with Crippen LogP contribution < -0.4 is 10.6 Å². The molecule has 35 heavy (non-hydrogen) atoms. The highest BCUT2D eigenvalue weighted by Crippen LogP contribution is 2.24. The van der Waals surface area contributed by atoms with Crippen LogP contribution >= 0.6 is 0 Å². The third kappa shape index (κ3) is 5.83. The van der Waals surface area contributed by atoms with Gasteiger partial charge in [0.25, 0.3) is 11.8 Å². The van der Waals surface area contributed by atoms with Gasteiger partial charge in [-0.1, -0.05) is 42.5 Å². The molecule has 0 radical (unpaired) electrons. The van der Waals surface area contributed by atoms with Crippen LogP contribution in [-0.2, 0) is 9.53 Å². The molecule has 0 saturated heterocycles. The van der Waals surface area contributed by atoms with Gasteiger partial charge in [-0.2, -0.15) is 0 Å². The number of aryl methyl sites for hydroxylation is 2. The second kappa shape index (κ2) is 10.5. The molecule has 0 aliphatic heterocycles. The lowest BCUT2D eigenvalue weighted by Crippen LogP contribution is -2.26. The number of nitrogens with one attached hydrogen (secondary N) is 2. The predicted molar refractivity (Wildman–Crippen MR) is 132 cm³/mol. The maximum Gasteiger partial charge on any atom is 0.339 e. The molecule has 3 aromatic carbocycles. The van der Waals surface area contributed by atoms with Crippen molar-refractivity contribution in [2.75, 3.05) is 10.6 Å². The van der Waals surface area contributed by atoms with Crippen molar-refractivity contribution in [2.24, 2.45) is 0 Å². The summed E-state index contributed by atoms with van der Waals surface area (Å²) in [6, 6.07) is 23.9. The monoisotopic (exact) mass is 468 g/mol. The Labute approximate surface area is 202 Å². The number of amides is 2. The Morgan fingerprint density at radius 3 is 2.26 bits per heavy atom. The van der Waals surface area contributed by atoms with Crippen molar-refractivity contribution in [2.45, 2.75) is 20.0 Å². The quantitative estimate of drug-likeness (QED) is 0.340. The number of hydrogen-bond acceptors (Lipinski definition) is 5. The van der Waals surface area contributed by atoms with Crippen LogP contribution in [0.3, 0.4) is 0 Å². The minimum absolute atomic E-state index is 0.175. The third-order valence-electron chi connectivity index (χ3n) is 5.34. The molecule has 176 valence electrons. The number of benzene rings is 3. The van der Waals surface area contributed by atoms with Gasteiger partial charge in [-0.05, 0) is 67.4 Å². The zero-order valence-corrected chi connectivity index (χ0v) is 19.3. The van der Waals surface area contributed by atoms with Crippen molar-refractivity contribution in [3.63, 3.8) is 0 Å². The molecule has 7 heteroatoms. The molecule has 1 unspecified atom stereocenters. The zero-order valence-electron chi connectivity index (χ0n) is 19.3. The molecule has 0 aliphatic rings. The molecule has 0 bridgehead atoms. The summed E-state index contributed by atoms with van der Waals surface area (Å²) in [5.41, 5.74) is 3.82. The summed E-state index contributed by atoms with van der Waals surface area (Å²) < 4.78 is 10.7. The molecule has 7 nitrogen and oxygen atoms in total. The van der Waals surface area contributed by atoms with Crippen LogP contribution in [0.5, 0.6) is 0 Å². The highest BCUT2D eigenvalue weighted by Gasteiger charge is 2.26. The number of rotatable bonds is 7. The van der Waals surface area contributed by atoms with Crippen molar-refractivity contribution >= 4 is 29.2 Å². The summed E-state index contributed by atoms with van der Waals surface area (Å²) in [4.78, 5) is 38.2. The van der Waals surface area contributed by atoms with Gasteiger partial charge in [0.1, 0.15) is 0 Å². The van der Waals surface area contributed by atoms with Gasteiger partial charge >= 0.3 is 5.97 Å². The van der Waals surface area contributed by atoms with Crippen molar-refractivity contribution < 1.29 is 23.5 Å². The number of anilines is 2. The van der Waals surface area contributed by atoms with Gasteiger partial charge in [0.2, 0.25) is 6.10 Å². The van der Waals surface area contributed by atoms with Crippen molar-refractivity contribution in [3.8, 4) is 0 Å². The van der Waals surface area contributed by atoms with Gasteiger partial charge in [-0.15, -0.1) is 0 Å². The molecule has 0 aliphatic carbocycles. The summed E-state index contributed by atoms with van der Waals surface area (Å²) in [5, 5.41) is 5.56. The number of carbonyl (C=O) groups is 3. The van der Waals surface area contributed by atoms with Gasteiger partial charge in [0, 0.05) is 16.9 Å². The maximum absolute atomic E-state index is 13.2. The standard InChI is InChI=1S/C28H24N2O5/c1-18-10-11-19(2)23(17-18)30-27(32)25(20-7-4-3-5-8-20)35-28(33)21-12-14-22(15-13-21)29-26(31)24-9-6-16-34-24/h3-17,25H,1-2H3,(H,29,31)(H,30,32). The van der Waals surface area contributed by atoms with E-state index in [2.05, 4.69) is 10.6 Å². The predicted octanol–water partition coefficient (Wildman–Crippen LogP) is 5.69. The Bertz CT molecular complexity index is 1330. The average Bonchev–Trinajstić information content (AvgIpc) is 3.41.